The van der Waals surface area contributed by atoms with Gasteiger partial charge in [-0.2, -0.15) is 0 Å². The quantitative estimate of drug-likeness (QED) is 0.494. The van der Waals surface area contributed by atoms with E-state index in [2.05, 4.69) is 46.0 Å². The van der Waals surface area contributed by atoms with Crippen molar-refractivity contribution in [3.63, 3.8) is 0 Å². The Hall–Kier alpha value is -1.99. The average molecular weight is 446 g/mol. The minimum Gasteiger partial charge on any atom is -0.355 e. The highest BCUT2D eigenvalue weighted by Crippen LogP contribution is 2.44. The summed E-state index contributed by atoms with van der Waals surface area (Å²) in [7, 11) is -1.42. The van der Waals surface area contributed by atoms with Crippen LogP contribution in [0.25, 0.3) is 0 Å². The summed E-state index contributed by atoms with van der Waals surface area (Å²) in [6.07, 6.45) is 6.16. The van der Waals surface area contributed by atoms with Gasteiger partial charge in [0.1, 0.15) is 0 Å². The Morgan fingerprint density at radius 3 is 2.40 bits per heavy atom. The van der Waals surface area contributed by atoms with Crippen molar-refractivity contribution in [1.29, 1.82) is 0 Å². The minimum absolute atomic E-state index is 0.187. The number of thioether (sulfide) groups is 1. The van der Waals surface area contributed by atoms with E-state index in [1.807, 2.05) is 30.8 Å². The zero-order chi connectivity index (χ0) is 21.6. The Balaban J connectivity index is 1.59. The maximum absolute atomic E-state index is 11.8. The third-order valence-electron chi connectivity index (χ3n) is 5.49. The fourth-order valence-corrected chi connectivity index (χ4v) is 6.35. The van der Waals surface area contributed by atoms with Crippen molar-refractivity contribution >= 4 is 27.6 Å². The van der Waals surface area contributed by atoms with E-state index in [1.54, 1.807) is 13.1 Å². The molecule has 0 saturated heterocycles. The van der Waals surface area contributed by atoms with E-state index in [0.29, 0.717) is 11.4 Å². The third kappa shape index (κ3) is 6.01. The normalized spacial score (nSPS) is 16.4. The monoisotopic (exact) mass is 445 g/mol. The summed E-state index contributed by atoms with van der Waals surface area (Å²) in [4.78, 5) is 6.07. The number of nitrogens with zero attached hydrogens (tertiary/aromatic N) is 1. The van der Waals surface area contributed by atoms with Gasteiger partial charge in [-0.3, -0.25) is 4.99 Å². The molecule has 30 heavy (non-hydrogen) atoms. The molecule has 1 saturated carbocycles. The van der Waals surface area contributed by atoms with Crippen LogP contribution in [0.4, 0.5) is 0 Å². The van der Waals surface area contributed by atoms with Gasteiger partial charge in [-0.25, -0.2) is 8.42 Å². The second-order valence-corrected chi connectivity index (χ2v) is 11.5. The summed E-state index contributed by atoms with van der Waals surface area (Å²) in [5, 5.41) is 6.87. The lowest BCUT2D eigenvalue weighted by Gasteiger charge is -2.29. The van der Waals surface area contributed by atoms with E-state index < -0.39 is 9.84 Å². The molecule has 0 aliphatic heterocycles. The largest absolute Gasteiger partial charge is 0.355 e. The van der Waals surface area contributed by atoms with Crippen molar-refractivity contribution < 1.29 is 8.42 Å². The van der Waals surface area contributed by atoms with E-state index in [4.69, 9.17) is 0 Å². The summed E-state index contributed by atoms with van der Waals surface area (Å²) in [6, 6.07) is 16.1. The number of aryl methyl sites for hydroxylation is 1. The van der Waals surface area contributed by atoms with E-state index in [9.17, 15) is 8.42 Å². The van der Waals surface area contributed by atoms with Crippen LogP contribution in [-0.4, -0.2) is 39.0 Å². The van der Waals surface area contributed by atoms with Crippen LogP contribution in [-0.2, 0) is 16.4 Å². The SMILES string of the molecule is CN=C(NCc1ccc(S(C)(=O)=O)c(C)c1)NCC1(Sc2ccccc2)CCCC1. The molecule has 1 fully saturated rings. The first-order chi connectivity index (χ1) is 14.3. The van der Waals surface area contributed by atoms with Gasteiger partial charge in [0, 0.05) is 36.0 Å². The van der Waals surface area contributed by atoms with Crippen LogP contribution >= 0.6 is 11.8 Å². The van der Waals surface area contributed by atoms with Gasteiger partial charge in [0.2, 0.25) is 0 Å². The highest BCUT2D eigenvalue weighted by molar-refractivity contribution is 8.00. The van der Waals surface area contributed by atoms with Gasteiger partial charge in [-0.05, 0) is 49.1 Å². The molecule has 2 aromatic rings. The van der Waals surface area contributed by atoms with E-state index in [1.165, 1.54) is 36.8 Å². The number of hydrogen-bond acceptors (Lipinski definition) is 4. The van der Waals surface area contributed by atoms with Gasteiger partial charge < -0.3 is 10.6 Å². The van der Waals surface area contributed by atoms with Crippen LogP contribution in [0.5, 0.6) is 0 Å². The number of benzene rings is 2. The molecular formula is C23H31N3O2S2. The van der Waals surface area contributed by atoms with E-state index in [-0.39, 0.29) is 4.75 Å². The first kappa shape index (κ1) is 22.7. The average Bonchev–Trinajstić information content (AvgIpc) is 3.16. The number of aliphatic imine (C=N–C) groups is 1. The zero-order valence-electron chi connectivity index (χ0n) is 17.9. The second-order valence-electron chi connectivity index (χ2n) is 7.96. The molecular weight excluding hydrogens is 414 g/mol. The molecule has 2 aromatic carbocycles. The number of rotatable bonds is 7. The van der Waals surface area contributed by atoms with Crippen LogP contribution in [0.15, 0.2) is 63.3 Å². The van der Waals surface area contributed by atoms with Crippen molar-refractivity contribution in [2.24, 2.45) is 4.99 Å². The molecule has 2 N–H and O–H groups in total. The van der Waals surface area contributed by atoms with Crippen LogP contribution < -0.4 is 10.6 Å². The predicted molar refractivity (Wildman–Crippen MR) is 126 cm³/mol. The van der Waals surface area contributed by atoms with Gasteiger partial charge in [0.15, 0.2) is 15.8 Å². The number of guanidine groups is 1. The molecule has 0 radical (unpaired) electrons. The molecule has 162 valence electrons. The maximum Gasteiger partial charge on any atom is 0.191 e. The number of nitrogens with one attached hydrogen (secondary N) is 2. The Labute approximate surface area is 184 Å². The third-order valence-corrected chi connectivity index (χ3v) is 8.24. The van der Waals surface area contributed by atoms with Crippen LogP contribution in [0.3, 0.4) is 0 Å². The highest BCUT2D eigenvalue weighted by Gasteiger charge is 2.35. The Morgan fingerprint density at radius 2 is 1.80 bits per heavy atom. The molecule has 0 unspecified atom stereocenters. The maximum atomic E-state index is 11.8. The summed E-state index contributed by atoms with van der Waals surface area (Å²) < 4.78 is 23.8. The minimum atomic E-state index is -3.20. The zero-order valence-corrected chi connectivity index (χ0v) is 19.6. The smallest absolute Gasteiger partial charge is 0.191 e. The first-order valence-electron chi connectivity index (χ1n) is 10.3. The molecule has 1 aliphatic carbocycles. The molecule has 0 amide bonds. The van der Waals surface area contributed by atoms with Crippen molar-refractivity contribution in [1.82, 2.24) is 10.6 Å². The summed E-state index contributed by atoms with van der Waals surface area (Å²) >= 11 is 1.97. The predicted octanol–water partition coefficient (Wildman–Crippen LogP) is 4.17. The summed E-state index contributed by atoms with van der Waals surface area (Å²) in [5.41, 5.74) is 1.79. The van der Waals surface area contributed by atoms with Gasteiger partial charge in [-0.1, -0.05) is 43.2 Å². The lowest BCUT2D eigenvalue weighted by molar-refractivity contribution is 0.582. The molecule has 5 nitrogen and oxygen atoms in total. The number of sulfone groups is 1. The lowest BCUT2D eigenvalue weighted by Crippen LogP contribution is -2.44. The van der Waals surface area contributed by atoms with Crippen LogP contribution in [0.1, 0.15) is 36.8 Å². The van der Waals surface area contributed by atoms with Crippen molar-refractivity contribution in [3.8, 4) is 0 Å². The molecule has 0 atom stereocenters. The van der Waals surface area contributed by atoms with Gasteiger partial charge in [0.05, 0.1) is 4.90 Å². The Bertz CT molecular complexity index is 983. The molecule has 0 bridgehead atoms. The van der Waals surface area contributed by atoms with Gasteiger partial charge in [-0.15, -0.1) is 11.8 Å². The molecule has 0 spiro atoms. The second kappa shape index (κ2) is 9.88. The molecule has 7 heteroatoms. The standard InChI is InChI=1S/C23H31N3O2S2/c1-18-15-19(11-12-21(18)30(3,27)28)16-25-22(24-2)26-17-23(13-7-8-14-23)29-20-9-5-4-6-10-20/h4-6,9-12,15H,7-8,13-14,16-17H2,1-3H3,(H2,24,25,26). The first-order valence-corrected chi connectivity index (χ1v) is 13.0. The molecule has 0 heterocycles. The fourth-order valence-electron chi connectivity index (χ4n) is 3.96. The van der Waals surface area contributed by atoms with Gasteiger partial charge >= 0.3 is 0 Å². The van der Waals surface area contributed by atoms with Crippen LogP contribution in [0, 0.1) is 6.92 Å². The molecule has 1 aliphatic rings. The topological polar surface area (TPSA) is 70.6 Å². The molecule has 3 rings (SSSR count). The number of hydrogen-bond donors (Lipinski definition) is 2. The van der Waals surface area contributed by atoms with Crippen molar-refractivity contribution in [3.05, 3.63) is 59.7 Å². The summed E-state index contributed by atoms with van der Waals surface area (Å²) in [5.74, 6) is 0.764. The molecule has 0 aromatic heterocycles. The Kier molecular flexibility index (Phi) is 7.47. The highest BCUT2D eigenvalue weighted by atomic mass is 32.2. The van der Waals surface area contributed by atoms with Crippen molar-refractivity contribution in [2.75, 3.05) is 19.8 Å². The Morgan fingerprint density at radius 1 is 1.10 bits per heavy atom. The van der Waals surface area contributed by atoms with Crippen molar-refractivity contribution in [2.45, 2.75) is 53.7 Å². The van der Waals surface area contributed by atoms with Gasteiger partial charge in [0.25, 0.3) is 0 Å². The summed E-state index contributed by atoms with van der Waals surface area (Å²) in [6.45, 7) is 3.28. The van der Waals surface area contributed by atoms with Crippen LogP contribution in [0.2, 0.25) is 0 Å². The van der Waals surface area contributed by atoms with E-state index >= 15 is 0 Å². The fraction of sp³-hybridized carbons (Fsp3) is 0.435. The van der Waals surface area contributed by atoms with E-state index in [0.717, 1.165) is 23.6 Å². The lowest BCUT2D eigenvalue weighted by atomic mass is 10.1.